The molecule has 0 aliphatic heterocycles. The zero-order valence-corrected chi connectivity index (χ0v) is 14.5. The molecular formula is C15H23N5O2S. The van der Waals surface area contributed by atoms with E-state index in [1.807, 2.05) is 19.2 Å². The van der Waals surface area contributed by atoms with Gasteiger partial charge in [-0.25, -0.2) is 23.1 Å². The van der Waals surface area contributed by atoms with E-state index in [-0.39, 0.29) is 6.04 Å². The van der Waals surface area contributed by atoms with Gasteiger partial charge in [0.05, 0.1) is 11.6 Å². The Morgan fingerprint density at radius 3 is 2.61 bits per heavy atom. The average molecular weight is 337 g/mol. The third-order valence-corrected chi connectivity index (χ3v) is 5.23. The predicted molar refractivity (Wildman–Crippen MR) is 91.1 cm³/mol. The van der Waals surface area contributed by atoms with Crippen molar-refractivity contribution in [1.82, 2.24) is 19.7 Å². The van der Waals surface area contributed by atoms with Crippen LogP contribution in [-0.2, 0) is 10.0 Å². The highest BCUT2D eigenvalue weighted by Crippen LogP contribution is 2.29. The van der Waals surface area contributed by atoms with Crippen LogP contribution in [0.1, 0.15) is 31.5 Å². The molecule has 2 aromatic rings. The van der Waals surface area contributed by atoms with Gasteiger partial charge in [0.1, 0.15) is 17.3 Å². The smallest absolute Gasteiger partial charge is 0.208 e. The molecule has 1 aliphatic carbocycles. The summed E-state index contributed by atoms with van der Waals surface area (Å²) < 4.78 is 25.4. The Bertz CT molecular complexity index is 793. The maximum Gasteiger partial charge on any atom is 0.208 e. The first-order chi connectivity index (χ1) is 10.8. The first-order valence-corrected chi connectivity index (χ1v) is 9.74. The minimum Gasteiger partial charge on any atom is -0.356 e. The van der Waals surface area contributed by atoms with Crippen molar-refractivity contribution in [3.05, 3.63) is 18.1 Å². The highest BCUT2D eigenvalue weighted by molar-refractivity contribution is 7.88. The lowest BCUT2D eigenvalue weighted by Crippen LogP contribution is -2.42. The van der Waals surface area contributed by atoms with E-state index in [9.17, 15) is 8.42 Å². The van der Waals surface area contributed by atoms with Crippen molar-refractivity contribution < 1.29 is 8.42 Å². The lowest BCUT2D eigenvalue weighted by atomic mass is 9.91. The fourth-order valence-corrected chi connectivity index (χ4v) is 4.20. The van der Waals surface area contributed by atoms with Gasteiger partial charge in [0, 0.05) is 25.3 Å². The van der Waals surface area contributed by atoms with Gasteiger partial charge in [-0.05, 0) is 38.7 Å². The Balaban J connectivity index is 1.74. The first kappa shape index (κ1) is 16.2. The predicted octanol–water partition coefficient (Wildman–Crippen LogP) is 1.56. The fraction of sp³-hybridized carbons (Fsp3) is 0.600. The second-order valence-electron chi connectivity index (χ2n) is 6.34. The molecule has 3 rings (SSSR count). The summed E-state index contributed by atoms with van der Waals surface area (Å²) >= 11 is 0. The van der Waals surface area contributed by atoms with Gasteiger partial charge in [0.25, 0.3) is 0 Å². The highest BCUT2D eigenvalue weighted by Gasteiger charge is 2.27. The van der Waals surface area contributed by atoms with E-state index in [1.165, 1.54) is 6.26 Å². The van der Waals surface area contributed by atoms with E-state index >= 15 is 0 Å². The number of aromatic nitrogens is 3. The number of anilines is 1. The van der Waals surface area contributed by atoms with E-state index in [4.69, 9.17) is 0 Å². The molecule has 0 amide bonds. The van der Waals surface area contributed by atoms with Crippen LogP contribution in [0.5, 0.6) is 0 Å². The Hall–Kier alpha value is -1.67. The van der Waals surface area contributed by atoms with Crippen LogP contribution in [0.3, 0.4) is 0 Å². The van der Waals surface area contributed by atoms with Crippen LogP contribution in [0.15, 0.2) is 12.3 Å². The van der Waals surface area contributed by atoms with Crippen molar-refractivity contribution in [2.45, 2.75) is 44.7 Å². The number of aryl methyl sites for hydroxylation is 1. The zero-order chi connectivity index (χ0) is 16.6. The van der Waals surface area contributed by atoms with Crippen LogP contribution in [0.2, 0.25) is 0 Å². The number of H-pyrrole nitrogens is 1. The number of hydrogen-bond donors (Lipinski definition) is 2. The minimum atomic E-state index is -3.13. The Morgan fingerprint density at radius 2 is 1.96 bits per heavy atom. The van der Waals surface area contributed by atoms with Gasteiger partial charge in [-0.15, -0.1) is 0 Å². The summed E-state index contributed by atoms with van der Waals surface area (Å²) in [6.45, 7) is 1.89. The summed E-state index contributed by atoms with van der Waals surface area (Å²) in [6.07, 6.45) is 6.68. The van der Waals surface area contributed by atoms with E-state index in [1.54, 1.807) is 0 Å². The van der Waals surface area contributed by atoms with Gasteiger partial charge in [0.2, 0.25) is 10.0 Å². The van der Waals surface area contributed by atoms with E-state index in [0.717, 1.165) is 48.4 Å². The molecule has 1 aliphatic rings. The summed E-state index contributed by atoms with van der Waals surface area (Å²) in [5.41, 5.74) is 0.853. The van der Waals surface area contributed by atoms with Gasteiger partial charge in [-0.3, -0.25) is 0 Å². The number of sulfonamides is 1. The van der Waals surface area contributed by atoms with Crippen molar-refractivity contribution >= 4 is 26.9 Å². The number of nitrogens with one attached hydrogen (secondary N) is 2. The van der Waals surface area contributed by atoms with Gasteiger partial charge in [0.15, 0.2) is 0 Å². The third-order valence-electron chi connectivity index (χ3n) is 4.47. The Kier molecular flexibility index (Phi) is 4.29. The molecule has 0 radical (unpaired) electrons. The molecule has 0 atom stereocenters. The highest BCUT2D eigenvalue weighted by atomic mass is 32.2. The van der Waals surface area contributed by atoms with Gasteiger partial charge in [-0.2, -0.15) is 0 Å². The molecule has 8 heteroatoms. The van der Waals surface area contributed by atoms with Crippen LogP contribution < -0.4 is 9.62 Å². The molecule has 0 saturated heterocycles. The van der Waals surface area contributed by atoms with Crippen LogP contribution in [0.4, 0.5) is 5.82 Å². The second kappa shape index (κ2) is 6.09. The van der Waals surface area contributed by atoms with Gasteiger partial charge < -0.3 is 9.88 Å². The zero-order valence-electron chi connectivity index (χ0n) is 13.7. The van der Waals surface area contributed by atoms with Crippen LogP contribution in [-0.4, -0.2) is 48.8 Å². The van der Waals surface area contributed by atoms with E-state index in [0.29, 0.717) is 6.04 Å². The molecule has 126 valence electrons. The van der Waals surface area contributed by atoms with Crippen LogP contribution in [0, 0.1) is 6.92 Å². The van der Waals surface area contributed by atoms with Crippen molar-refractivity contribution in [2.24, 2.45) is 0 Å². The SMILES string of the molecule is Cc1nc(N(C)C2CCC(NS(C)(=O)=O)CC2)c2cc[nH]c2n1. The number of nitrogens with zero attached hydrogens (tertiary/aromatic N) is 3. The number of rotatable bonds is 4. The number of aromatic amines is 1. The summed E-state index contributed by atoms with van der Waals surface area (Å²) in [5.74, 6) is 1.68. The lowest BCUT2D eigenvalue weighted by molar-refractivity contribution is 0.365. The third kappa shape index (κ3) is 3.64. The monoisotopic (exact) mass is 337 g/mol. The molecule has 7 nitrogen and oxygen atoms in total. The average Bonchev–Trinajstić information content (AvgIpc) is 2.93. The van der Waals surface area contributed by atoms with Crippen molar-refractivity contribution in [3.8, 4) is 0 Å². The van der Waals surface area contributed by atoms with Crippen molar-refractivity contribution in [3.63, 3.8) is 0 Å². The molecule has 2 aromatic heterocycles. The topological polar surface area (TPSA) is 91.0 Å². The Morgan fingerprint density at radius 1 is 1.26 bits per heavy atom. The van der Waals surface area contributed by atoms with Crippen molar-refractivity contribution in [1.29, 1.82) is 0 Å². The molecular weight excluding hydrogens is 314 g/mol. The minimum absolute atomic E-state index is 0.0501. The molecule has 0 bridgehead atoms. The maximum atomic E-state index is 11.3. The Labute approximate surface area is 136 Å². The molecule has 23 heavy (non-hydrogen) atoms. The van der Waals surface area contributed by atoms with E-state index < -0.39 is 10.0 Å². The maximum absolute atomic E-state index is 11.3. The van der Waals surface area contributed by atoms with E-state index in [2.05, 4.69) is 31.6 Å². The largest absolute Gasteiger partial charge is 0.356 e. The molecule has 2 N–H and O–H groups in total. The summed E-state index contributed by atoms with van der Waals surface area (Å²) in [5, 5.41) is 1.02. The molecule has 0 spiro atoms. The van der Waals surface area contributed by atoms with Crippen molar-refractivity contribution in [2.75, 3.05) is 18.2 Å². The molecule has 1 saturated carbocycles. The summed E-state index contributed by atoms with van der Waals surface area (Å²) in [6, 6.07) is 2.41. The molecule has 2 heterocycles. The quantitative estimate of drug-likeness (QED) is 0.883. The van der Waals surface area contributed by atoms with Gasteiger partial charge >= 0.3 is 0 Å². The van der Waals surface area contributed by atoms with Crippen LogP contribution >= 0.6 is 0 Å². The normalized spacial score (nSPS) is 22.4. The standard InChI is InChI=1S/C15H23N5O2S/c1-10-17-14-13(8-9-16-14)15(18-10)20(2)12-6-4-11(5-7-12)19-23(3,21)22/h8-9,11-12,19H,4-7H2,1-3H3,(H,16,17,18). The van der Waals surface area contributed by atoms with Gasteiger partial charge in [-0.1, -0.05) is 0 Å². The summed E-state index contributed by atoms with van der Waals surface area (Å²) in [4.78, 5) is 14.4. The lowest BCUT2D eigenvalue weighted by Gasteiger charge is -2.35. The molecule has 0 unspecified atom stereocenters. The molecule has 0 aromatic carbocycles. The van der Waals surface area contributed by atoms with Crippen LogP contribution in [0.25, 0.3) is 11.0 Å². The summed E-state index contributed by atoms with van der Waals surface area (Å²) in [7, 11) is -1.07. The number of hydrogen-bond acceptors (Lipinski definition) is 5. The second-order valence-corrected chi connectivity index (χ2v) is 8.12. The molecule has 1 fully saturated rings. The fourth-order valence-electron chi connectivity index (χ4n) is 3.36. The first-order valence-electron chi connectivity index (χ1n) is 7.85. The number of fused-ring (bicyclic) bond motifs is 1.